The molecule has 1 heterocycles. The summed E-state index contributed by atoms with van der Waals surface area (Å²) in [7, 11) is 0. The van der Waals surface area contributed by atoms with Crippen LogP contribution in [0.5, 0.6) is 0 Å². The topological polar surface area (TPSA) is 12.0 Å². The number of rotatable bonds is 5. The number of hydrogen-bond acceptors (Lipinski definition) is 3. The number of benzene rings is 2. The predicted molar refractivity (Wildman–Crippen MR) is 95.3 cm³/mol. The van der Waals surface area contributed by atoms with Crippen LogP contribution in [0.4, 0.5) is 5.69 Å². The summed E-state index contributed by atoms with van der Waals surface area (Å²) in [5.74, 6) is 0. The lowest BCUT2D eigenvalue weighted by Gasteiger charge is -2.11. The molecule has 0 radical (unpaired) electrons. The van der Waals surface area contributed by atoms with Crippen LogP contribution in [-0.4, -0.2) is 6.26 Å². The van der Waals surface area contributed by atoms with Crippen molar-refractivity contribution in [2.75, 3.05) is 11.6 Å². The van der Waals surface area contributed by atoms with Crippen LogP contribution in [-0.2, 0) is 6.54 Å². The quantitative estimate of drug-likeness (QED) is 0.602. The van der Waals surface area contributed by atoms with Crippen molar-refractivity contribution in [2.45, 2.75) is 11.4 Å². The molecule has 0 spiro atoms. The van der Waals surface area contributed by atoms with Crippen LogP contribution in [0, 0.1) is 0 Å². The Morgan fingerprint density at radius 1 is 0.952 bits per heavy atom. The number of para-hydroxylation sites is 1. The molecule has 0 aliphatic carbocycles. The van der Waals surface area contributed by atoms with E-state index >= 15 is 0 Å². The molecule has 3 aromatic rings. The van der Waals surface area contributed by atoms with Crippen LogP contribution < -0.4 is 5.32 Å². The fourth-order valence-electron chi connectivity index (χ4n) is 2.22. The zero-order valence-corrected chi connectivity index (χ0v) is 13.5. The summed E-state index contributed by atoms with van der Waals surface area (Å²) in [5.41, 5.74) is 3.76. The molecule has 0 amide bonds. The lowest BCUT2D eigenvalue weighted by molar-refractivity contribution is 1.14. The van der Waals surface area contributed by atoms with E-state index in [2.05, 4.69) is 77.6 Å². The first-order chi connectivity index (χ1) is 10.4. The summed E-state index contributed by atoms with van der Waals surface area (Å²) in [6.45, 7) is 0.844. The van der Waals surface area contributed by atoms with Crippen molar-refractivity contribution in [2.24, 2.45) is 0 Å². The molecule has 2 aromatic carbocycles. The Balaban J connectivity index is 1.76. The van der Waals surface area contributed by atoms with Gasteiger partial charge in [0.1, 0.15) is 0 Å². The van der Waals surface area contributed by atoms with Crippen molar-refractivity contribution >= 4 is 28.8 Å². The molecule has 0 bridgehead atoms. The molecule has 0 saturated heterocycles. The Morgan fingerprint density at radius 3 is 2.48 bits per heavy atom. The minimum Gasteiger partial charge on any atom is -0.380 e. The van der Waals surface area contributed by atoms with E-state index in [0.717, 1.165) is 6.54 Å². The van der Waals surface area contributed by atoms with Gasteiger partial charge in [-0.05, 0) is 41.5 Å². The average molecular weight is 311 g/mol. The zero-order chi connectivity index (χ0) is 14.5. The van der Waals surface area contributed by atoms with Gasteiger partial charge in [0, 0.05) is 27.6 Å². The molecule has 1 nitrogen and oxygen atoms in total. The smallest absolute Gasteiger partial charge is 0.0430 e. The second kappa shape index (κ2) is 6.83. The lowest BCUT2D eigenvalue weighted by Crippen LogP contribution is -2.00. The Kier molecular flexibility index (Phi) is 4.63. The van der Waals surface area contributed by atoms with Crippen LogP contribution in [0.15, 0.2) is 70.9 Å². The monoisotopic (exact) mass is 311 g/mol. The molecule has 3 heteroatoms. The second-order valence-electron chi connectivity index (χ2n) is 4.72. The summed E-state index contributed by atoms with van der Waals surface area (Å²) in [6.07, 6.45) is 2.10. The molecule has 106 valence electrons. The molecular formula is C18H17NS2. The molecule has 0 saturated carbocycles. The molecule has 0 atom stereocenters. The fraction of sp³-hybridized carbons (Fsp3) is 0.111. The molecule has 0 aliphatic rings. The summed E-state index contributed by atoms with van der Waals surface area (Å²) in [5, 5.41) is 5.67. The minimum atomic E-state index is 0.844. The number of anilines is 1. The highest BCUT2D eigenvalue weighted by Crippen LogP contribution is 2.31. The average Bonchev–Trinajstić information content (AvgIpc) is 3.08. The number of hydrogen-bond donors (Lipinski definition) is 1. The van der Waals surface area contributed by atoms with Gasteiger partial charge in [-0.2, -0.15) is 0 Å². The molecule has 1 aromatic heterocycles. The summed E-state index contributed by atoms with van der Waals surface area (Å²) in [4.78, 5) is 2.61. The van der Waals surface area contributed by atoms with Gasteiger partial charge in [-0.1, -0.05) is 36.4 Å². The minimum absolute atomic E-state index is 0.844. The van der Waals surface area contributed by atoms with Gasteiger partial charge in [0.2, 0.25) is 0 Å². The van der Waals surface area contributed by atoms with E-state index < -0.39 is 0 Å². The Morgan fingerprint density at radius 2 is 1.76 bits per heavy atom. The SMILES string of the molecule is CSc1ccc(CNc2ccccc2-c2cccs2)cc1. The highest BCUT2D eigenvalue weighted by atomic mass is 32.2. The first-order valence-corrected chi connectivity index (χ1v) is 8.97. The van der Waals surface area contributed by atoms with Crippen molar-refractivity contribution < 1.29 is 0 Å². The zero-order valence-electron chi connectivity index (χ0n) is 11.9. The van der Waals surface area contributed by atoms with Gasteiger partial charge in [-0.3, -0.25) is 0 Å². The first kappa shape index (κ1) is 14.2. The van der Waals surface area contributed by atoms with Gasteiger partial charge < -0.3 is 5.32 Å². The summed E-state index contributed by atoms with van der Waals surface area (Å²) >= 11 is 3.55. The van der Waals surface area contributed by atoms with Gasteiger partial charge in [-0.25, -0.2) is 0 Å². The Labute approximate surface area is 134 Å². The van der Waals surface area contributed by atoms with Crippen molar-refractivity contribution in [1.29, 1.82) is 0 Å². The van der Waals surface area contributed by atoms with Crippen molar-refractivity contribution in [3.05, 3.63) is 71.6 Å². The van der Waals surface area contributed by atoms with Crippen molar-refractivity contribution in [3.63, 3.8) is 0 Å². The van der Waals surface area contributed by atoms with Gasteiger partial charge >= 0.3 is 0 Å². The first-order valence-electron chi connectivity index (χ1n) is 6.86. The van der Waals surface area contributed by atoms with E-state index in [4.69, 9.17) is 0 Å². The van der Waals surface area contributed by atoms with E-state index in [1.807, 2.05) is 0 Å². The van der Waals surface area contributed by atoms with E-state index in [-0.39, 0.29) is 0 Å². The number of nitrogens with one attached hydrogen (secondary N) is 1. The van der Waals surface area contributed by atoms with E-state index in [1.54, 1.807) is 23.1 Å². The van der Waals surface area contributed by atoms with E-state index in [9.17, 15) is 0 Å². The maximum atomic E-state index is 3.56. The van der Waals surface area contributed by atoms with Crippen LogP contribution in [0.1, 0.15) is 5.56 Å². The Hall–Kier alpha value is -1.71. The standard InChI is InChI=1S/C18H17NS2/c1-20-15-10-8-14(9-11-15)13-19-17-6-3-2-5-16(17)18-7-4-12-21-18/h2-12,19H,13H2,1H3. The number of thioether (sulfide) groups is 1. The Bertz CT molecular complexity index is 688. The van der Waals surface area contributed by atoms with Crippen LogP contribution in [0.25, 0.3) is 10.4 Å². The van der Waals surface area contributed by atoms with Gasteiger partial charge in [0.15, 0.2) is 0 Å². The molecular weight excluding hydrogens is 294 g/mol. The van der Waals surface area contributed by atoms with Gasteiger partial charge in [0.25, 0.3) is 0 Å². The molecule has 1 N–H and O–H groups in total. The van der Waals surface area contributed by atoms with Crippen LogP contribution >= 0.6 is 23.1 Å². The molecule has 21 heavy (non-hydrogen) atoms. The molecule has 0 aliphatic heterocycles. The van der Waals surface area contributed by atoms with E-state index in [0.29, 0.717) is 0 Å². The molecule has 0 unspecified atom stereocenters. The van der Waals surface area contributed by atoms with E-state index in [1.165, 1.54) is 26.6 Å². The number of thiophene rings is 1. The third kappa shape index (κ3) is 3.49. The van der Waals surface area contributed by atoms with Gasteiger partial charge in [-0.15, -0.1) is 23.1 Å². The predicted octanol–water partition coefficient (Wildman–Crippen LogP) is 5.75. The van der Waals surface area contributed by atoms with Crippen molar-refractivity contribution in [1.82, 2.24) is 0 Å². The molecule has 3 rings (SSSR count). The highest BCUT2D eigenvalue weighted by molar-refractivity contribution is 7.98. The van der Waals surface area contributed by atoms with Crippen molar-refractivity contribution in [3.8, 4) is 10.4 Å². The largest absolute Gasteiger partial charge is 0.380 e. The van der Waals surface area contributed by atoms with Gasteiger partial charge in [0.05, 0.1) is 0 Å². The third-order valence-electron chi connectivity index (χ3n) is 3.36. The third-order valence-corrected chi connectivity index (χ3v) is 5.00. The summed E-state index contributed by atoms with van der Waals surface area (Å²) < 4.78 is 0. The maximum absolute atomic E-state index is 3.56. The summed E-state index contributed by atoms with van der Waals surface area (Å²) in [6, 6.07) is 21.5. The maximum Gasteiger partial charge on any atom is 0.0430 e. The van der Waals surface area contributed by atoms with Crippen LogP contribution in [0.3, 0.4) is 0 Å². The second-order valence-corrected chi connectivity index (χ2v) is 6.55. The fourth-order valence-corrected chi connectivity index (χ4v) is 3.40. The molecule has 0 fully saturated rings. The highest BCUT2D eigenvalue weighted by Gasteiger charge is 2.05. The normalized spacial score (nSPS) is 10.5. The van der Waals surface area contributed by atoms with Crippen LogP contribution in [0.2, 0.25) is 0 Å². The lowest BCUT2D eigenvalue weighted by atomic mass is 10.1.